The highest BCUT2D eigenvalue weighted by Gasteiger charge is 2.30. The number of methoxy groups -OCH3 is 1. The van der Waals surface area contributed by atoms with Crippen LogP contribution in [0.1, 0.15) is 36.5 Å². The van der Waals surface area contributed by atoms with Crippen molar-refractivity contribution in [2.45, 2.75) is 33.2 Å². The van der Waals surface area contributed by atoms with E-state index in [0.29, 0.717) is 5.76 Å². The number of nitrogens with one attached hydrogen (secondary N) is 1. The molecule has 2 N–H and O–H groups in total. The third kappa shape index (κ3) is 5.48. The topological polar surface area (TPSA) is 119 Å². The lowest BCUT2D eigenvalue weighted by atomic mass is 9.89. The number of carboxylic acid groups (broad SMARTS) is 1. The highest BCUT2D eigenvalue weighted by atomic mass is 16.5. The van der Waals surface area contributed by atoms with Gasteiger partial charge in [-0.2, -0.15) is 0 Å². The van der Waals surface area contributed by atoms with E-state index in [0.717, 1.165) is 0 Å². The first kappa shape index (κ1) is 18.8. The van der Waals surface area contributed by atoms with E-state index in [1.165, 1.54) is 13.2 Å². The number of hydrogen-bond donors (Lipinski definition) is 2. The van der Waals surface area contributed by atoms with E-state index >= 15 is 0 Å². The Hall–Kier alpha value is -2.22. The zero-order valence-electron chi connectivity index (χ0n) is 13.7. The molecule has 8 nitrogen and oxygen atoms in total. The second kappa shape index (κ2) is 8.42. The van der Waals surface area contributed by atoms with Gasteiger partial charge in [0.05, 0.1) is 12.5 Å². The number of ether oxygens (including phenoxy) is 1. The van der Waals surface area contributed by atoms with Gasteiger partial charge in [-0.05, 0) is 12.8 Å². The summed E-state index contributed by atoms with van der Waals surface area (Å²) in [5.41, 5.74) is 0.0510. The van der Waals surface area contributed by atoms with Crippen molar-refractivity contribution in [3.05, 3.63) is 17.5 Å². The summed E-state index contributed by atoms with van der Waals surface area (Å²) in [6, 6.07) is 0.503. The van der Waals surface area contributed by atoms with Crippen molar-refractivity contribution in [3.63, 3.8) is 0 Å². The molecule has 1 rings (SSSR count). The lowest BCUT2D eigenvalue weighted by Gasteiger charge is -2.20. The van der Waals surface area contributed by atoms with Crippen LogP contribution in [-0.2, 0) is 14.3 Å². The molecule has 1 aromatic rings. The standard InChI is InChI=1S/C15H22N2O6/c1-8(2)10(15(20)21)6-13(18)12(7-22-4)16-14(19)11-5-9(3)23-17-11/h5,8,10,12H,6-7H2,1-4H3,(H,16,19)(H,20,21)/t10-,12-/m0/s1. The Morgan fingerprint density at radius 3 is 2.48 bits per heavy atom. The fourth-order valence-corrected chi connectivity index (χ4v) is 2.05. The summed E-state index contributed by atoms with van der Waals surface area (Å²) in [6.45, 7) is 5.05. The number of hydrogen-bond acceptors (Lipinski definition) is 6. The quantitative estimate of drug-likeness (QED) is 0.696. The Kier molecular flexibility index (Phi) is 6.89. The van der Waals surface area contributed by atoms with Crippen LogP contribution in [-0.4, -0.2) is 47.7 Å². The number of aliphatic carboxylic acids is 1. The fraction of sp³-hybridized carbons (Fsp3) is 0.600. The zero-order valence-corrected chi connectivity index (χ0v) is 13.7. The van der Waals surface area contributed by atoms with E-state index in [2.05, 4.69) is 10.5 Å². The first-order valence-corrected chi connectivity index (χ1v) is 7.24. The number of rotatable bonds is 9. The average Bonchev–Trinajstić information content (AvgIpc) is 2.89. The number of aryl methyl sites for hydroxylation is 1. The molecule has 0 radical (unpaired) electrons. The van der Waals surface area contributed by atoms with Crippen molar-refractivity contribution in [2.75, 3.05) is 13.7 Å². The Morgan fingerprint density at radius 2 is 2.04 bits per heavy atom. The Balaban J connectivity index is 2.78. The third-order valence-corrected chi connectivity index (χ3v) is 3.43. The van der Waals surface area contributed by atoms with Crippen LogP contribution in [0, 0.1) is 18.8 Å². The SMILES string of the molecule is COC[C@H](NC(=O)c1cc(C)on1)C(=O)C[C@H](C(=O)O)C(C)C. The highest BCUT2D eigenvalue weighted by Crippen LogP contribution is 2.17. The monoisotopic (exact) mass is 326 g/mol. The molecule has 0 aromatic carbocycles. The van der Waals surface area contributed by atoms with Gasteiger partial charge >= 0.3 is 5.97 Å². The second-order valence-electron chi connectivity index (χ2n) is 5.66. The summed E-state index contributed by atoms with van der Waals surface area (Å²) in [5.74, 6) is -2.56. The van der Waals surface area contributed by atoms with Crippen LogP contribution in [0.15, 0.2) is 10.6 Å². The molecule has 0 aliphatic heterocycles. The number of carbonyl (C=O) groups excluding carboxylic acids is 2. The lowest BCUT2D eigenvalue weighted by molar-refractivity contribution is -0.145. The summed E-state index contributed by atoms with van der Waals surface area (Å²) in [5, 5.41) is 15.2. The highest BCUT2D eigenvalue weighted by molar-refractivity contribution is 5.97. The predicted molar refractivity (Wildman–Crippen MR) is 80.0 cm³/mol. The zero-order chi connectivity index (χ0) is 17.6. The van der Waals surface area contributed by atoms with E-state index in [1.807, 2.05) is 0 Å². The van der Waals surface area contributed by atoms with Crippen molar-refractivity contribution in [3.8, 4) is 0 Å². The van der Waals surface area contributed by atoms with Gasteiger partial charge in [-0.3, -0.25) is 14.4 Å². The number of nitrogens with zero attached hydrogens (tertiary/aromatic N) is 1. The minimum Gasteiger partial charge on any atom is -0.481 e. The summed E-state index contributed by atoms with van der Waals surface area (Å²) in [6.07, 6.45) is -0.181. The molecule has 0 aliphatic carbocycles. The average molecular weight is 326 g/mol. The fourth-order valence-electron chi connectivity index (χ4n) is 2.05. The van der Waals surface area contributed by atoms with Gasteiger partial charge < -0.3 is 19.7 Å². The third-order valence-electron chi connectivity index (χ3n) is 3.43. The minimum atomic E-state index is -1.04. The normalized spacial score (nSPS) is 13.6. The van der Waals surface area contributed by atoms with Gasteiger partial charge in [0.1, 0.15) is 11.8 Å². The van der Waals surface area contributed by atoms with Crippen LogP contribution in [0.3, 0.4) is 0 Å². The number of carboxylic acids is 1. The Labute approximate surface area is 134 Å². The molecule has 1 heterocycles. The summed E-state index contributed by atoms with van der Waals surface area (Å²) < 4.78 is 9.75. The molecular formula is C15H22N2O6. The molecule has 23 heavy (non-hydrogen) atoms. The van der Waals surface area contributed by atoms with Crippen molar-refractivity contribution in [2.24, 2.45) is 11.8 Å². The lowest BCUT2D eigenvalue weighted by Crippen LogP contribution is -2.45. The molecule has 1 amide bonds. The molecule has 2 atom stereocenters. The van der Waals surface area contributed by atoms with Gasteiger partial charge in [-0.15, -0.1) is 0 Å². The molecule has 0 bridgehead atoms. The first-order chi connectivity index (χ1) is 10.8. The Morgan fingerprint density at radius 1 is 1.39 bits per heavy atom. The molecule has 0 aliphatic rings. The van der Waals surface area contributed by atoms with Crippen molar-refractivity contribution < 1.29 is 28.8 Å². The van der Waals surface area contributed by atoms with Gasteiger partial charge in [0.25, 0.3) is 5.91 Å². The molecule has 8 heteroatoms. The van der Waals surface area contributed by atoms with E-state index < -0.39 is 29.6 Å². The van der Waals surface area contributed by atoms with Crippen LogP contribution < -0.4 is 5.32 Å². The maximum Gasteiger partial charge on any atom is 0.307 e. The Bertz CT molecular complexity index is 566. The molecule has 0 unspecified atom stereocenters. The maximum atomic E-state index is 12.3. The summed E-state index contributed by atoms with van der Waals surface area (Å²) >= 11 is 0. The number of carbonyl (C=O) groups is 3. The van der Waals surface area contributed by atoms with Crippen LogP contribution in [0.25, 0.3) is 0 Å². The van der Waals surface area contributed by atoms with Crippen LogP contribution in [0.4, 0.5) is 0 Å². The van der Waals surface area contributed by atoms with E-state index in [9.17, 15) is 19.5 Å². The maximum absolute atomic E-state index is 12.3. The largest absolute Gasteiger partial charge is 0.481 e. The number of aromatic nitrogens is 1. The number of Topliss-reactive ketones (excluding diaryl/α,β-unsaturated/α-hetero) is 1. The minimum absolute atomic E-state index is 0.0498. The van der Waals surface area contributed by atoms with Gasteiger partial charge in [0.15, 0.2) is 11.5 Å². The molecule has 0 saturated carbocycles. The van der Waals surface area contributed by atoms with Crippen LogP contribution in [0.5, 0.6) is 0 Å². The number of amides is 1. The molecular weight excluding hydrogens is 304 g/mol. The van der Waals surface area contributed by atoms with Crippen molar-refractivity contribution in [1.29, 1.82) is 0 Å². The number of ketones is 1. The van der Waals surface area contributed by atoms with E-state index in [4.69, 9.17) is 9.26 Å². The van der Waals surface area contributed by atoms with E-state index in [-0.39, 0.29) is 24.6 Å². The molecule has 0 spiro atoms. The van der Waals surface area contributed by atoms with Gasteiger partial charge in [-0.25, -0.2) is 0 Å². The van der Waals surface area contributed by atoms with Gasteiger partial charge in [0, 0.05) is 19.6 Å². The summed E-state index contributed by atoms with van der Waals surface area (Å²) in [4.78, 5) is 35.6. The smallest absolute Gasteiger partial charge is 0.307 e. The van der Waals surface area contributed by atoms with E-state index in [1.54, 1.807) is 20.8 Å². The second-order valence-corrected chi connectivity index (χ2v) is 5.66. The molecule has 0 fully saturated rings. The predicted octanol–water partition coefficient (Wildman–Crippen LogP) is 1.04. The van der Waals surface area contributed by atoms with Crippen LogP contribution >= 0.6 is 0 Å². The molecule has 1 aromatic heterocycles. The summed E-state index contributed by atoms with van der Waals surface area (Å²) in [7, 11) is 1.39. The molecule has 128 valence electrons. The van der Waals surface area contributed by atoms with Gasteiger partial charge in [-0.1, -0.05) is 19.0 Å². The van der Waals surface area contributed by atoms with Crippen LogP contribution in [0.2, 0.25) is 0 Å². The van der Waals surface area contributed by atoms with Gasteiger partial charge in [0.2, 0.25) is 0 Å². The molecule has 0 saturated heterocycles. The van der Waals surface area contributed by atoms with Crippen molar-refractivity contribution >= 4 is 17.7 Å². The van der Waals surface area contributed by atoms with Crippen molar-refractivity contribution in [1.82, 2.24) is 10.5 Å². The first-order valence-electron chi connectivity index (χ1n) is 7.24.